The fraction of sp³-hybridized carbons (Fsp3) is 0.350. The van der Waals surface area contributed by atoms with Crippen molar-refractivity contribution < 1.29 is 22.3 Å². The second-order valence-electron chi connectivity index (χ2n) is 7.31. The summed E-state index contributed by atoms with van der Waals surface area (Å²) in [4.78, 5) is 12.6. The molecule has 5 nitrogen and oxygen atoms in total. The molecule has 2 aliphatic rings. The van der Waals surface area contributed by atoms with Crippen molar-refractivity contribution in [2.75, 3.05) is 13.1 Å². The van der Waals surface area contributed by atoms with Crippen molar-refractivity contribution in [3.05, 3.63) is 64.4 Å². The Morgan fingerprint density at radius 1 is 1.11 bits per heavy atom. The quantitative estimate of drug-likeness (QED) is 0.753. The smallest absolute Gasteiger partial charge is 0.218 e. The molecule has 0 unspecified atom stereocenters. The summed E-state index contributed by atoms with van der Waals surface area (Å²) in [6.07, 6.45) is 1.08. The highest BCUT2D eigenvalue weighted by Gasteiger charge is 2.44. The second kappa shape index (κ2) is 7.13. The number of piperidine rings is 1. The van der Waals surface area contributed by atoms with Crippen LogP contribution in [0.3, 0.4) is 0 Å². The molecule has 8 heteroatoms. The van der Waals surface area contributed by atoms with Gasteiger partial charge in [0, 0.05) is 31.0 Å². The van der Waals surface area contributed by atoms with Gasteiger partial charge in [-0.1, -0.05) is 23.7 Å². The number of ether oxygens (including phenoxy) is 1. The van der Waals surface area contributed by atoms with Gasteiger partial charge in [-0.25, -0.2) is 17.1 Å². The number of ketones is 1. The Balaban J connectivity index is 1.46. The first-order valence-electron chi connectivity index (χ1n) is 9.00. The van der Waals surface area contributed by atoms with Crippen LogP contribution in [-0.2, 0) is 15.8 Å². The third-order valence-corrected chi connectivity index (χ3v) is 7.43. The molecule has 0 radical (unpaired) electrons. The molecule has 1 spiro atoms. The van der Waals surface area contributed by atoms with Gasteiger partial charge in [0.2, 0.25) is 10.0 Å². The van der Waals surface area contributed by atoms with E-state index >= 15 is 0 Å². The van der Waals surface area contributed by atoms with Gasteiger partial charge in [-0.3, -0.25) is 4.79 Å². The molecule has 2 heterocycles. The number of nitrogens with zero attached hydrogens (tertiary/aromatic N) is 1. The van der Waals surface area contributed by atoms with E-state index < -0.39 is 21.4 Å². The van der Waals surface area contributed by atoms with Crippen LogP contribution < -0.4 is 4.74 Å². The molecule has 0 amide bonds. The lowest BCUT2D eigenvalue weighted by atomic mass is 9.83. The molecule has 0 atom stereocenters. The van der Waals surface area contributed by atoms with Crippen LogP contribution in [0.5, 0.6) is 5.75 Å². The fourth-order valence-corrected chi connectivity index (χ4v) is 5.51. The van der Waals surface area contributed by atoms with E-state index in [1.165, 1.54) is 28.6 Å². The molecule has 28 heavy (non-hydrogen) atoms. The van der Waals surface area contributed by atoms with E-state index in [9.17, 15) is 17.6 Å². The van der Waals surface area contributed by atoms with Gasteiger partial charge in [-0.2, -0.15) is 0 Å². The number of halogens is 2. The Bertz CT molecular complexity index is 1020. The predicted octanol–water partition coefficient (Wildman–Crippen LogP) is 3.81. The molecule has 1 fully saturated rings. The number of rotatable bonds is 3. The van der Waals surface area contributed by atoms with E-state index in [1.807, 2.05) is 0 Å². The summed E-state index contributed by atoms with van der Waals surface area (Å²) in [5.74, 6) is -0.113. The topological polar surface area (TPSA) is 63.7 Å². The minimum atomic E-state index is -3.53. The van der Waals surface area contributed by atoms with Crippen LogP contribution >= 0.6 is 11.6 Å². The van der Waals surface area contributed by atoms with Gasteiger partial charge < -0.3 is 4.74 Å². The Kier molecular flexibility index (Phi) is 4.93. The molecular weight excluding hydrogens is 405 g/mol. The number of fused-ring (bicyclic) bond motifs is 1. The SMILES string of the molecule is O=C1CC2(CCN(S(=O)(=O)Cc3ccc(F)cc3)CC2)Oc2ccc(Cl)cc21. The van der Waals surface area contributed by atoms with Crippen molar-refractivity contribution >= 4 is 27.4 Å². The van der Waals surface area contributed by atoms with Crippen molar-refractivity contribution in [3.63, 3.8) is 0 Å². The number of Topliss-reactive ketones (excluding diaryl/α,β-unsaturated/α-hetero) is 1. The molecule has 148 valence electrons. The average Bonchev–Trinajstić information content (AvgIpc) is 2.65. The second-order valence-corrected chi connectivity index (χ2v) is 9.71. The summed E-state index contributed by atoms with van der Waals surface area (Å²) in [6, 6.07) is 10.4. The lowest BCUT2D eigenvalue weighted by Crippen LogP contribution is -2.52. The summed E-state index contributed by atoms with van der Waals surface area (Å²) in [6.45, 7) is 0.555. The lowest BCUT2D eigenvalue weighted by Gasteiger charge is -2.43. The lowest BCUT2D eigenvalue weighted by molar-refractivity contribution is 0.00590. The van der Waals surface area contributed by atoms with Crippen LogP contribution in [0, 0.1) is 5.82 Å². The molecule has 1 saturated heterocycles. The van der Waals surface area contributed by atoms with Gasteiger partial charge in [0.1, 0.15) is 17.2 Å². The van der Waals surface area contributed by atoms with Crippen LogP contribution in [0.1, 0.15) is 35.2 Å². The van der Waals surface area contributed by atoms with Crippen molar-refractivity contribution in [2.24, 2.45) is 0 Å². The van der Waals surface area contributed by atoms with Crippen molar-refractivity contribution in [1.29, 1.82) is 0 Å². The maximum absolute atomic E-state index is 13.0. The van der Waals surface area contributed by atoms with Gasteiger partial charge in [-0.15, -0.1) is 0 Å². The molecule has 0 saturated carbocycles. The van der Waals surface area contributed by atoms with Crippen molar-refractivity contribution in [1.82, 2.24) is 4.31 Å². The third kappa shape index (κ3) is 3.79. The maximum Gasteiger partial charge on any atom is 0.218 e. The van der Waals surface area contributed by atoms with E-state index in [0.717, 1.165) is 0 Å². The number of hydrogen-bond donors (Lipinski definition) is 0. The first-order valence-corrected chi connectivity index (χ1v) is 11.0. The van der Waals surface area contributed by atoms with E-state index in [0.29, 0.717) is 34.7 Å². The minimum Gasteiger partial charge on any atom is -0.486 e. The van der Waals surface area contributed by atoms with Gasteiger partial charge in [0.05, 0.1) is 17.7 Å². The van der Waals surface area contributed by atoms with Gasteiger partial charge >= 0.3 is 0 Å². The Morgan fingerprint density at radius 2 is 1.79 bits per heavy atom. The summed E-state index contributed by atoms with van der Waals surface area (Å²) >= 11 is 5.96. The zero-order valence-corrected chi connectivity index (χ0v) is 16.6. The average molecular weight is 424 g/mol. The van der Waals surface area contributed by atoms with Crippen LogP contribution in [0.25, 0.3) is 0 Å². The zero-order valence-electron chi connectivity index (χ0n) is 15.0. The summed E-state index contributed by atoms with van der Waals surface area (Å²) in [7, 11) is -3.53. The summed E-state index contributed by atoms with van der Waals surface area (Å²) in [5.41, 5.74) is 0.334. The maximum atomic E-state index is 13.0. The zero-order chi connectivity index (χ0) is 19.9. The standard InChI is InChI=1S/C20H19ClFNO4S/c21-15-3-6-19-17(11-15)18(24)12-20(27-19)7-9-23(10-8-20)28(25,26)13-14-1-4-16(22)5-2-14/h1-6,11H,7-10,12-13H2. The summed E-state index contributed by atoms with van der Waals surface area (Å²) in [5, 5.41) is 0.480. The first-order chi connectivity index (χ1) is 13.3. The number of carbonyl (C=O) groups excluding carboxylic acids is 1. The molecule has 4 rings (SSSR count). The summed E-state index contributed by atoms with van der Waals surface area (Å²) < 4.78 is 46.0. The van der Waals surface area contributed by atoms with E-state index in [1.54, 1.807) is 18.2 Å². The van der Waals surface area contributed by atoms with Crippen LogP contribution in [-0.4, -0.2) is 37.2 Å². The Hall–Kier alpha value is -1.96. The highest BCUT2D eigenvalue weighted by Crippen LogP contribution is 2.40. The van der Waals surface area contributed by atoms with Gasteiger partial charge in [0.25, 0.3) is 0 Å². The molecule has 0 aromatic heterocycles. The number of benzene rings is 2. The molecular formula is C20H19ClFNO4S. The number of sulfonamides is 1. The van der Waals surface area contributed by atoms with E-state index in [2.05, 4.69) is 0 Å². The first kappa shape index (κ1) is 19.4. The minimum absolute atomic E-state index is 0.0358. The molecule has 2 aliphatic heterocycles. The Labute approximate surface area is 168 Å². The van der Waals surface area contributed by atoms with E-state index in [-0.39, 0.29) is 31.0 Å². The number of hydrogen-bond acceptors (Lipinski definition) is 4. The Morgan fingerprint density at radius 3 is 2.46 bits per heavy atom. The largest absolute Gasteiger partial charge is 0.486 e. The van der Waals surface area contributed by atoms with Crippen LogP contribution in [0.15, 0.2) is 42.5 Å². The highest BCUT2D eigenvalue weighted by molar-refractivity contribution is 7.88. The molecule has 0 aliphatic carbocycles. The predicted molar refractivity (Wildman–Crippen MR) is 104 cm³/mol. The van der Waals surface area contributed by atoms with Crippen molar-refractivity contribution in [3.8, 4) is 5.75 Å². The highest BCUT2D eigenvalue weighted by atomic mass is 35.5. The fourth-order valence-electron chi connectivity index (χ4n) is 3.80. The molecule has 0 bridgehead atoms. The number of carbonyl (C=O) groups is 1. The third-order valence-electron chi connectivity index (χ3n) is 5.34. The van der Waals surface area contributed by atoms with Crippen LogP contribution in [0.2, 0.25) is 5.02 Å². The molecule has 2 aromatic carbocycles. The van der Waals surface area contributed by atoms with Crippen molar-refractivity contribution in [2.45, 2.75) is 30.6 Å². The molecule has 0 N–H and O–H groups in total. The van der Waals surface area contributed by atoms with Gasteiger partial charge in [-0.05, 0) is 35.9 Å². The van der Waals surface area contributed by atoms with Gasteiger partial charge in [0.15, 0.2) is 5.78 Å². The normalized spacial score (nSPS) is 19.3. The molecule has 2 aromatic rings. The van der Waals surface area contributed by atoms with Crippen LogP contribution in [0.4, 0.5) is 4.39 Å². The monoisotopic (exact) mass is 423 g/mol. The van der Waals surface area contributed by atoms with E-state index in [4.69, 9.17) is 16.3 Å².